The highest BCUT2D eigenvalue weighted by Crippen LogP contribution is 2.59. The molecule has 0 radical (unpaired) electrons. The van der Waals surface area contributed by atoms with Gasteiger partial charge in [0.1, 0.15) is 5.82 Å². The summed E-state index contributed by atoms with van der Waals surface area (Å²) in [5.74, 6) is 2.01. The number of rotatable bonds is 6. The first-order valence-corrected chi connectivity index (χ1v) is 10.2. The molecule has 0 aliphatic heterocycles. The van der Waals surface area contributed by atoms with Crippen molar-refractivity contribution in [1.29, 1.82) is 0 Å². The second-order valence-electron chi connectivity index (χ2n) is 9.05. The molecule has 7 heteroatoms. The van der Waals surface area contributed by atoms with Gasteiger partial charge in [0.2, 0.25) is 5.91 Å². The lowest BCUT2D eigenvalue weighted by molar-refractivity contribution is -0.145. The van der Waals surface area contributed by atoms with Gasteiger partial charge >= 0.3 is 0 Å². The molecule has 4 aliphatic carbocycles. The third-order valence-corrected chi connectivity index (χ3v) is 7.13. The third-order valence-electron chi connectivity index (χ3n) is 7.13. The van der Waals surface area contributed by atoms with Crippen molar-refractivity contribution in [3.63, 3.8) is 0 Å². The molecule has 2 amide bonds. The van der Waals surface area contributed by atoms with Crippen molar-refractivity contribution < 1.29 is 9.59 Å². The van der Waals surface area contributed by atoms with Crippen LogP contribution in [0.2, 0.25) is 0 Å². The molecular formula is C20H31N5O2. The van der Waals surface area contributed by atoms with Crippen LogP contribution in [0.4, 0.5) is 5.82 Å². The average Bonchev–Trinajstić information content (AvgIpc) is 2.99. The number of primary amides is 1. The van der Waals surface area contributed by atoms with Gasteiger partial charge in [0.25, 0.3) is 5.91 Å². The van der Waals surface area contributed by atoms with Crippen LogP contribution in [-0.4, -0.2) is 41.2 Å². The summed E-state index contributed by atoms with van der Waals surface area (Å²) in [6.45, 7) is 3.05. The number of carbonyl (C=O) groups excluding carboxylic acids is 2. The summed E-state index contributed by atoms with van der Waals surface area (Å²) >= 11 is 0. The van der Waals surface area contributed by atoms with Gasteiger partial charge in [0, 0.05) is 38.2 Å². The van der Waals surface area contributed by atoms with Gasteiger partial charge in [-0.3, -0.25) is 14.3 Å². The van der Waals surface area contributed by atoms with E-state index in [0.29, 0.717) is 23.4 Å². The number of aromatic nitrogens is 2. The minimum absolute atomic E-state index is 0.104. The summed E-state index contributed by atoms with van der Waals surface area (Å²) in [4.78, 5) is 27.1. The zero-order valence-electron chi connectivity index (χ0n) is 16.6. The Balaban J connectivity index is 1.48. The molecule has 2 atom stereocenters. The summed E-state index contributed by atoms with van der Waals surface area (Å²) < 4.78 is 1.77. The molecule has 1 heterocycles. The van der Waals surface area contributed by atoms with Gasteiger partial charge in [0.05, 0.1) is 0 Å². The monoisotopic (exact) mass is 373 g/mol. The topological polar surface area (TPSA) is 93.2 Å². The molecule has 148 valence electrons. The zero-order valence-corrected chi connectivity index (χ0v) is 16.6. The molecule has 4 aliphatic rings. The van der Waals surface area contributed by atoms with Crippen molar-refractivity contribution in [2.75, 3.05) is 18.5 Å². The van der Waals surface area contributed by atoms with Gasteiger partial charge in [-0.15, -0.1) is 0 Å². The van der Waals surface area contributed by atoms with Crippen LogP contribution in [0.1, 0.15) is 55.9 Å². The Morgan fingerprint density at radius 2 is 2.00 bits per heavy atom. The quantitative estimate of drug-likeness (QED) is 0.793. The number of carbonyl (C=O) groups is 2. The highest BCUT2D eigenvalue weighted by atomic mass is 16.2. The molecule has 3 N–H and O–H groups in total. The predicted molar refractivity (Wildman–Crippen MR) is 103 cm³/mol. The smallest absolute Gasteiger partial charge is 0.272 e. The molecule has 0 spiro atoms. The van der Waals surface area contributed by atoms with Gasteiger partial charge < -0.3 is 16.0 Å². The molecule has 0 saturated heterocycles. The number of amides is 2. The second-order valence-corrected chi connectivity index (χ2v) is 9.05. The van der Waals surface area contributed by atoms with Gasteiger partial charge in [-0.1, -0.05) is 6.92 Å². The van der Waals surface area contributed by atoms with E-state index in [1.165, 1.54) is 0 Å². The molecule has 4 bridgehead atoms. The Hall–Kier alpha value is -2.05. The lowest BCUT2D eigenvalue weighted by atomic mass is 9.47. The largest absolute Gasteiger partial charge is 0.369 e. The van der Waals surface area contributed by atoms with Gasteiger partial charge in [0.15, 0.2) is 5.69 Å². The fourth-order valence-electron chi connectivity index (χ4n) is 6.16. The van der Waals surface area contributed by atoms with E-state index in [4.69, 9.17) is 5.73 Å². The van der Waals surface area contributed by atoms with Crippen LogP contribution < -0.4 is 16.0 Å². The first-order chi connectivity index (χ1) is 12.8. The van der Waals surface area contributed by atoms with E-state index in [2.05, 4.69) is 22.2 Å². The second kappa shape index (κ2) is 6.53. The molecule has 1 aromatic heterocycles. The minimum atomic E-state index is -0.321. The number of nitrogens with two attached hydrogens (primary N) is 1. The SMILES string of the molecule is CCCN(C)c1cc(C(=O)N[C@H]2C3CC4CC2C[C@](C(N)=O)(C4)C3)nn1C. The molecule has 7 nitrogen and oxygen atoms in total. The Kier molecular flexibility index (Phi) is 4.43. The van der Waals surface area contributed by atoms with E-state index in [1.54, 1.807) is 4.68 Å². The molecular weight excluding hydrogens is 342 g/mol. The van der Waals surface area contributed by atoms with Crippen LogP contribution in [0.15, 0.2) is 6.07 Å². The summed E-state index contributed by atoms with van der Waals surface area (Å²) in [5.41, 5.74) is 5.90. The van der Waals surface area contributed by atoms with Crippen LogP contribution in [-0.2, 0) is 11.8 Å². The minimum Gasteiger partial charge on any atom is -0.369 e. The number of hydrogen-bond acceptors (Lipinski definition) is 4. The van der Waals surface area contributed by atoms with Crippen LogP contribution >= 0.6 is 0 Å². The normalized spacial score (nSPS) is 33.9. The maximum Gasteiger partial charge on any atom is 0.272 e. The van der Waals surface area contributed by atoms with Crippen molar-refractivity contribution in [3.05, 3.63) is 11.8 Å². The highest BCUT2D eigenvalue weighted by Gasteiger charge is 2.58. The van der Waals surface area contributed by atoms with Crippen molar-refractivity contribution in [1.82, 2.24) is 15.1 Å². The van der Waals surface area contributed by atoms with E-state index in [1.807, 2.05) is 20.2 Å². The zero-order chi connectivity index (χ0) is 19.3. The summed E-state index contributed by atoms with van der Waals surface area (Å²) in [7, 11) is 3.89. The van der Waals surface area contributed by atoms with Crippen LogP contribution in [0.3, 0.4) is 0 Å². The third kappa shape index (κ3) is 3.01. The lowest BCUT2D eigenvalue weighted by Gasteiger charge is -2.58. The Labute approximate surface area is 160 Å². The van der Waals surface area contributed by atoms with Crippen molar-refractivity contribution in [3.8, 4) is 0 Å². The molecule has 4 saturated carbocycles. The van der Waals surface area contributed by atoms with Crippen LogP contribution in [0.25, 0.3) is 0 Å². The maximum absolute atomic E-state index is 12.9. The molecule has 5 rings (SSSR count). The van der Waals surface area contributed by atoms with Gasteiger partial charge in [-0.05, 0) is 56.3 Å². The van der Waals surface area contributed by atoms with Crippen molar-refractivity contribution in [2.24, 2.45) is 36.0 Å². The van der Waals surface area contributed by atoms with Gasteiger partial charge in [-0.25, -0.2) is 0 Å². The lowest BCUT2D eigenvalue weighted by Crippen LogP contribution is -2.62. The highest BCUT2D eigenvalue weighted by molar-refractivity contribution is 5.93. The van der Waals surface area contributed by atoms with E-state index >= 15 is 0 Å². The fourth-order valence-corrected chi connectivity index (χ4v) is 6.16. The maximum atomic E-state index is 12.9. The molecule has 2 unspecified atom stereocenters. The Morgan fingerprint density at radius 3 is 2.59 bits per heavy atom. The first-order valence-electron chi connectivity index (χ1n) is 10.2. The van der Waals surface area contributed by atoms with E-state index in [9.17, 15) is 9.59 Å². The fraction of sp³-hybridized carbons (Fsp3) is 0.750. The molecule has 4 fully saturated rings. The van der Waals surface area contributed by atoms with Crippen LogP contribution in [0, 0.1) is 23.2 Å². The average molecular weight is 374 g/mol. The number of aryl methyl sites for hydroxylation is 1. The number of nitrogens with one attached hydrogen (secondary N) is 1. The van der Waals surface area contributed by atoms with E-state index < -0.39 is 0 Å². The Morgan fingerprint density at radius 1 is 1.33 bits per heavy atom. The molecule has 0 aromatic carbocycles. The van der Waals surface area contributed by atoms with E-state index in [-0.39, 0.29) is 23.3 Å². The standard InChI is InChI=1S/C20H31N5O2/c1-4-5-24(2)16-8-15(23-25(16)3)18(26)22-17-13-6-12-7-14(17)11-20(9-12,10-13)19(21)27/h8,12-14,17H,4-7,9-11H2,1-3H3,(H2,21,27)(H,22,26)/t12?,13?,14?,17-,20-. The van der Waals surface area contributed by atoms with Gasteiger partial charge in [-0.2, -0.15) is 5.10 Å². The van der Waals surface area contributed by atoms with E-state index in [0.717, 1.165) is 50.9 Å². The first kappa shape index (κ1) is 18.3. The molecule has 27 heavy (non-hydrogen) atoms. The van der Waals surface area contributed by atoms with Crippen molar-refractivity contribution in [2.45, 2.75) is 51.5 Å². The molecule has 1 aromatic rings. The number of anilines is 1. The predicted octanol–water partition coefficient (Wildman–Crippen LogP) is 1.68. The summed E-state index contributed by atoms with van der Waals surface area (Å²) in [5, 5.41) is 7.69. The van der Waals surface area contributed by atoms with Crippen LogP contribution in [0.5, 0.6) is 0 Å². The summed E-state index contributed by atoms with van der Waals surface area (Å²) in [6.07, 6.45) is 5.84. The number of nitrogens with zero attached hydrogens (tertiary/aromatic N) is 3. The number of hydrogen-bond donors (Lipinski definition) is 2. The van der Waals surface area contributed by atoms with Crippen molar-refractivity contribution >= 4 is 17.6 Å². The summed E-state index contributed by atoms with van der Waals surface area (Å²) in [6, 6.07) is 2.01. The Bertz CT molecular complexity index is 742.